The van der Waals surface area contributed by atoms with Crippen LogP contribution in [0.25, 0.3) is 16.7 Å². The average molecular weight is 573 g/mol. The molecule has 0 unspecified atom stereocenters. The van der Waals surface area contributed by atoms with Gasteiger partial charge in [-0.15, -0.1) is 11.8 Å². The number of piperidine rings is 1. The molecular formula is C31H40N8OS. The highest BCUT2D eigenvalue weighted by Crippen LogP contribution is 2.35. The Morgan fingerprint density at radius 1 is 1.00 bits per heavy atom. The fourth-order valence-corrected chi connectivity index (χ4v) is 6.77. The molecule has 9 nitrogen and oxygen atoms in total. The summed E-state index contributed by atoms with van der Waals surface area (Å²) < 4.78 is 8.05. The van der Waals surface area contributed by atoms with Gasteiger partial charge in [-0.1, -0.05) is 18.2 Å². The van der Waals surface area contributed by atoms with Crippen LogP contribution in [0.1, 0.15) is 18.4 Å². The molecule has 0 aliphatic carbocycles. The van der Waals surface area contributed by atoms with Crippen LogP contribution >= 0.6 is 11.8 Å². The second-order valence-electron chi connectivity index (χ2n) is 10.9. The lowest BCUT2D eigenvalue weighted by atomic mass is 10.0. The second kappa shape index (κ2) is 12.2. The minimum Gasteiger partial charge on any atom is -0.494 e. The fourth-order valence-electron chi connectivity index (χ4n) is 6.15. The zero-order chi connectivity index (χ0) is 28.3. The lowest BCUT2D eigenvalue weighted by Gasteiger charge is -2.42. The van der Waals surface area contributed by atoms with Gasteiger partial charge in [0.2, 0.25) is 5.95 Å². The Kier molecular flexibility index (Phi) is 8.23. The molecular weight excluding hydrogens is 532 g/mol. The molecule has 2 aliphatic heterocycles. The maximum atomic E-state index is 6.11. The molecule has 216 valence electrons. The standard InChI is InChI=1S/C31H40N8OS/c1-36-16-18-38(19-17-36)23-10-13-37(14-11-23)24-8-9-26(27(20-24)40-2)39-15-12-25-29(39)30(35-31(32)34-25)33-21-22-6-4-5-7-28(22)41-3/h4-9,12,15,20,23H,10-11,13-14,16-19,21H2,1-3H3,(H3,32,33,34,35). The van der Waals surface area contributed by atoms with E-state index in [2.05, 4.69) is 90.3 Å². The monoisotopic (exact) mass is 572 g/mol. The number of nitrogens with one attached hydrogen (secondary N) is 1. The van der Waals surface area contributed by atoms with Gasteiger partial charge < -0.3 is 30.2 Å². The van der Waals surface area contributed by atoms with Crippen molar-refractivity contribution in [3.8, 4) is 11.4 Å². The number of nitrogen functional groups attached to an aromatic ring is 1. The molecule has 0 radical (unpaired) electrons. The Hall–Kier alpha value is -3.47. The van der Waals surface area contributed by atoms with E-state index < -0.39 is 0 Å². The van der Waals surface area contributed by atoms with Crippen LogP contribution in [0.4, 0.5) is 17.5 Å². The fraction of sp³-hybridized carbons (Fsp3) is 0.419. The summed E-state index contributed by atoms with van der Waals surface area (Å²) in [6.45, 7) is 7.47. The molecule has 3 N–H and O–H groups in total. The molecule has 0 atom stereocenters. The highest BCUT2D eigenvalue weighted by atomic mass is 32.2. The highest BCUT2D eigenvalue weighted by Gasteiger charge is 2.27. The first-order chi connectivity index (χ1) is 20.0. The maximum Gasteiger partial charge on any atom is 0.222 e. The molecule has 0 spiro atoms. The van der Waals surface area contributed by atoms with Crippen LogP contribution in [-0.2, 0) is 6.54 Å². The van der Waals surface area contributed by atoms with E-state index in [0.717, 1.165) is 35.6 Å². The molecule has 2 aromatic carbocycles. The number of hydrogen-bond acceptors (Lipinski definition) is 9. The Morgan fingerprint density at radius 3 is 2.54 bits per heavy atom. The number of anilines is 3. The zero-order valence-corrected chi connectivity index (χ0v) is 25.0. The average Bonchev–Trinajstić information content (AvgIpc) is 3.43. The van der Waals surface area contributed by atoms with E-state index in [0.29, 0.717) is 18.4 Å². The van der Waals surface area contributed by atoms with Crippen molar-refractivity contribution in [3.63, 3.8) is 0 Å². The van der Waals surface area contributed by atoms with Crippen LogP contribution in [0.15, 0.2) is 59.6 Å². The number of nitrogens with two attached hydrogens (primary N) is 1. The molecule has 2 fully saturated rings. The van der Waals surface area contributed by atoms with Crippen molar-refractivity contribution in [2.75, 3.05) is 75.6 Å². The Balaban J connectivity index is 1.23. The molecule has 2 aliphatic rings. The largest absolute Gasteiger partial charge is 0.494 e. The van der Waals surface area contributed by atoms with E-state index >= 15 is 0 Å². The van der Waals surface area contributed by atoms with Crippen LogP contribution in [0, 0.1) is 0 Å². The summed E-state index contributed by atoms with van der Waals surface area (Å²) >= 11 is 1.74. The van der Waals surface area contributed by atoms with Gasteiger partial charge in [0.05, 0.1) is 18.3 Å². The van der Waals surface area contributed by atoms with Crippen LogP contribution in [0.3, 0.4) is 0 Å². The van der Waals surface area contributed by atoms with E-state index in [1.165, 1.54) is 55.2 Å². The summed E-state index contributed by atoms with van der Waals surface area (Å²) in [5.41, 5.74) is 11.1. The first kappa shape index (κ1) is 27.7. The summed E-state index contributed by atoms with van der Waals surface area (Å²) in [5, 5.41) is 3.53. The number of piperazine rings is 1. The number of ether oxygens (including phenoxy) is 1. The van der Waals surface area contributed by atoms with E-state index in [4.69, 9.17) is 10.5 Å². The topological polar surface area (TPSA) is 87.7 Å². The third-order valence-electron chi connectivity index (χ3n) is 8.50. The van der Waals surface area contributed by atoms with Gasteiger partial charge >= 0.3 is 0 Å². The number of hydrogen-bond donors (Lipinski definition) is 2. The van der Waals surface area contributed by atoms with Crippen LogP contribution in [0.2, 0.25) is 0 Å². The number of thioether (sulfide) groups is 1. The number of nitrogens with zero attached hydrogens (tertiary/aromatic N) is 6. The van der Waals surface area contributed by atoms with Gasteiger partial charge in [0.25, 0.3) is 0 Å². The molecule has 2 saturated heterocycles. The third-order valence-corrected chi connectivity index (χ3v) is 9.33. The predicted octanol–water partition coefficient (Wildman–Crippen LogP) is 4.56. The van der Waals surface area contributed by atoms with Crippen LogP contribution in [-0.4, -0.2) is 90.1 Å². The summed E-state index contributed by atoms with van der Waals surface area (Å²) in [6.07, 6.45) is 6.50. The van der Waals surface area contributed by atoms with Crippen LogP contribution < -0.4 is 20.7 Å². The maximum absolute atomic E-state index is 6.11. The van der Waals surface area contributed by atoms with Gasteiger partial charge in [-0.25, -0.2) is 4.98 Å². The molecule has 4 heterocycles. The van der Waals surface area contributed by atoms with Gasteiger partial charge in [-0.3, -0.25) is 4.90 Å². The Bertz CT molecular complexity index is 1490. The van der Waals surface area contributed by atoms with E-state index in [9.17, 15) is 0 Å². The molecule has 4 aromatic rings. The quantitative estimate of drug-likeness (QED) is 0.295. The summed E-state index contributed by atoms with van der Waals surface area (Å²) in [6, 6.07) is 17.6. The summed E-state index contributed by atoms with van der Waals surface area (Å²) in [7, 11) is 3.96. The van der Waals surface area contributed by atoms with E-state index in [1.54, 1.807) is 18.9 Å². The smallest absolute Gasteiger partial charge is 0.222 e. The second-order valence-corrected chi connectivity index (χ2v) is 11.8. The van der Waals surface area contributed by atoms with Gasteiger partial charge in [0, 0.05) is 74.7 Å². The number of fused-ring (bicyclic) bond motifs is 1. The van der Waals surface area contributed by atoms with E-state index in [1.807, 2.05) is 12.3 Å². The number of methoxy groups -OCH3 is 1. The summed E-state index contributed by atoms with van der Waals surface area (Å²) in [5.74, 6) is 1.76. The minimum absolute atomic E-state index is 0.248. The molecule has 0 bridgehead atoms. The predicted molar refractivity (Wildman–Crippen MR) is 170 cm³/mol. The van der Waals surface area contributed by atoms with Gasteiger partial charge in [-0.2, -0.15) is 4.98 Å². The molecule has 41 heavy (non-hydrogen) atoms. The van der Waals surface area contributed by atoms with Gasteiger partial charge in [0.15, 0.2) is 5.82 Å². The van der Waals surface area contributed by atoms with Crippen molar-refractivity contribution in [3.05, 3.63) is 60.3 Å². The Labute approximate surface area is 246 Å². The van der Waals surface area contributed by atoms with Crippen LogP contribution in [0.5, 0.6) is 5.75 Å². The highest BCUT2D eigenvalue weighted by molar-refractivity contribution is 7.98. The van der Waals surface area contributed by atoms with E-state index in [-0.39, 0.29) is 5.95 Å². The number of aromatic nitrogens is 3. The first-order valence-electron chi connectivity index (χ1n) is 14.4. The van der Waals surface area contributed by atoms with Crippen molar-refractivity contribution < 1.29 is 4.74 Å². The van der Waals surface area contributed by atoms with Crippen molar-refractivity contribution in [1.29, 1.82) is 0 Å². The van der Waals surface area contributed by atoms with Gasteiger partial charge in [-0.05, 0) is 56.0 Å². The lowest BCUT2D eigenvalue weighted by Crippen LogP contribution is -2.52. The van der Waals surface area contributed by atoms with Gasteiger partial charge in [0.1, 0.15) is 11.3 Å². The molecule has 0 amide bonds. The Morgan fingerprint density at radius 2 is 1.78 bits per heavy atom. The molecule has 0 saturated carbocycles. The first-order valence-corrected chi connectivity index (χ1v) is 15.6. The zero-order valence-electron chi connectivity index (χ0n) is 24.2. The number of likely N-dealkylation sites (N-methyl/N-ethyl adjacent to an activating group) is 1. The van der Waals surface area contributed by atoms with Crippen molar-refractivity contribution in [2.24, 2.45) is 0 Å². The molecule has 10 heteroatoms. The molecule has 2 aromatic heterocycles. The molecule has 6 rings (SSSR count). The number of benzene rings is 2. The SMILES string of the molecule is COc1cc(N2CCC(N3CCN(C)CC3)CC2)ccc1-n1ccc2nc(N)nc(NCc3ccccc3SC)c21. The minimum atomic E-state index is 0.248. The summed E-state index contributed by atoms with van der Waals surface area (Å²) in [4.78, 5) is 18.0. The third kappa shape index (κ3) is 5.82. The van der Waals surface area contributed by atoms with Crippen molar-refractivity contribution >= 4 is 40.2 Å². The van der Waals surface area contributed by atoms with Crippen molar-refractivity contribution in [1.82, 2.24) is 24.3 Å². The van der Waals surface area contributed by atoms with Crippen molar-refractivity contribution in [2.45, 2.75) is 30.3 Å². The number of rotatable bonds is 8. The lowest BCUT2D eigenvalue weighted by molar-refractivity contribution is 0.0982. The normalized spacial score (nSPS) is 17.3.